The summed E-state index contributed by atoms with van der Waals surface area (Å²) in [6.07, 6.45) is 0.253. The summed E-state index contributed by atoms with van der Waals surface area (Å²) in [5.74, 6) is -0.281. The van der Waals surface area contributed by atoms with Crippen molar-refractivity contribution in [3.8, 4) is 0 Å². The molecule has 0 heterocycles. The molecule has 21 heavy (non-hydrogen) atoms. The van der Waals surface area contributed by atoms with E-state index in [-0.39, 0.29) is 17.4 Å². The van der Waals surface area contributed by atoms with Crippen LogP contribution in [-0.2, 0) is 14.3 Å². The number of rotatable bonds is 8. The Bertz CT molecular complexity index is 511. The quantitative estimate of drug-likeness (QED) is 0.581. The maximum absolute atomic E-state index is 11.4. The van der Waals surface area contributed by atoms with Gasteiger partial charge in [-0.1, -0.05) is 29.9 Å². The molecule has 0 saturated carbocycles. The van der Waals surface area contributed by atoms with Crippen LogP contribution in [0.4, 0.5) is 5.69 Å². The van der Waals surface area contributed by atoms with Crippen molar-refractivity contribution in [3.05, 3.63) is 28.8 Å². The summed E-state index contributed by atoms with van der Waals surface area (Å²) in [5.41, 5.74) is 7.16. The lowest BCUT2D eigenvalue weighted by Gasteiger charge is -2.26. The van der Waals surface area contributed by atoms with E-state index < -0.39 is 0 Å². The first-order valence-electron chi connectivity index (χ1n) is 6.40. The second kappa shape index (κ2) is 8.81. The molecule has 7 heteroatoms. The van der Waals surface area contributed by atoms with Gasteiger partial charge in [-0.25, -0.2) is 0 Å². The largest absolute Gasteiger partial charge is 0.469 e. The van der Waals surface area contributed by atoms with Gasteiger partial charge in [0.25, 0.3) is 0 Å². The van der Waals surface area contributed by atoms with E-state index in [1.807, 2.05) is 17.0 Å². The molecular formula is C14H19ClN2O3S. The molecule has 0 unspecified atom stereocenters. The number of esters is 1. The van der Waals surface area contributed by atoms with Crippen molar-refractivity contribution >= 4 is 40.5 Å². The van der Waals surface area contributed by atoms with Crippen LogP contribution >= 0.6 is 23.8 Å². The van der Waals surface area contributed by atoms with Crippen LogP contribution in [0.1, 0.15) is 12.0 Å². The van der Waals surface area contributed by atoms with Crippen LogP contribution in [0.25, 0.3) is 0 Å². The van der Waals surface area contributed by atoms with Crippen LogP contribution in [-0.4, -0.2) is 44.9 Å². The third-order valence-electron chi connectivity index (χ3n) is 2.96. The molecule has 0 saturated heterocycles. The number of thiocarbonyl (C=S) groups is 1. The molecule has 1 aromatic carbocycles. The zero-order valence-electron chi connectivity index (χ0n) is 12.1. The van der Waals surface area contributed by atoms with Gasteiger partial charge < -0.3 is 20.1 Å². The van der Waals surface area contributed by atoms with Gasteiger partial charge in [0, 0.05) is 25.9 Å². The standard InChI is InChI=1S/C14H19ClN2O3S/c1-19-9-8-17(7-6-12(18)20-2)11-5-3-4-10(15)13(11)14(16)21/h3-5H,6-9H2,1-2H3,(H2,16,21). The second-order valence-electron chi connectivity index (χ2n) is 4.30. The lowest BCUT2D eigenvalue weighted by atomic mass is 10.1. The molecule has 116 valence electrons. The Morgan fingerprint density at radius 1 is 1.38 bits per heavy atom. The first kappa shape index (κ1) is 17.7. The van der Waals surface area contributed by atoms with E-state index in [9.17, 15) is 4.79 Å². The molecule has 2 N–H and O–H groups in total. The Hall–Kier alpha value is -1.37. The molecule has 0 aliphatic heterocycles. The van der Waals surface area contributed by atoms with Gasteiger partial charge in [-0.15, -0.1) is 0 Å². The van der Waals surface area contributed by atoms with Crippen molar-refractivity contribution in [3.63, 3.8) is 0 Å². The number of nitrogens with two attached hydrogens (primary N) is 1. The average Bonchev–Trinajstić information content (AvgIpc) is 2.46. The first-order valence-corrected chi connectivity index (χ1v) is 7.19. The first-order chi connectivity index (χ1) is 10.0. The van der Waals surface area contributed by atoms with Gasteiger partial charge in [-0.3, -0.25) is 4.79 Å². The van der Waals surface area contributed by atoms with Crippen molar-refractivity contribution in [2.75, 3.05) is 38.8 Å². The second-order valence-corrected chi connectivity index (χ2v) is 5.15. The number of anilines is 1. The van der Waals surface area contributed by atoms with Crippen molar-refractivity contribution in [1.82, 2.24) is 0 Å². The summed E-state index contributed by atoms with van der Waals surface area (Å²) < 4.78 is 9.77. The number of carbonyl (C=O) groups is 1. The van der Waals surface area contributed by atoms with Gasteiger partial charge in [0.15, 0.2) is 0 Å². The van der Waals surface area contributed by atoms with Crippen LogP contribution in [0, 0.1) is 0 Å². The molecule has 0 radical (unpaired) electrons. The lowest BCUT2D eigenvalue weighted by Crippen LogP contribution is -2.32. The number of hydrogen-bond donors (Lipinski definition) is 1. The normalized spacial score (nSPS) is 10.2. The molecule has 0 atom stereocenters. The highest BCUT2D eigenvalue weighted by Gasteiger charge is 2.17. The highest BCUT2D eigenvalue weighted by Crippen LogP contribution is 2.27. The molecule has 0 fully saturated rings. The molecule has 0 aliphatic carbocycles. The van der Waals surface area contributed by atoms with Crippen LogP contribution in [0.5, 0.6) is 0 Å². The van der Waals surface area contributed by atoms with E-state index in [2.05, 4.69) is 4.74 Å². The Kier molecular flexibility index (Phi) is 7.42. The smallest absolute Gasteiger partial charge is 0.307 e. The summed E-state index contributed by atoms with van der Waals surface area (Å²) in [6, 6.07) is 5.42. The third-order valence-corrected chi connectivity index (χ3v) is 3.48. The van der Waals surface area contributed by atoms with E-state index in [0.29, 0.717) is 30.3 Å². The summed E-state index contributed by atoms with van der Waals surface area (Å²) in [6.45, 7) is 1.56. The van der Waals surface area contributed by atoms with Gasteiger partial charge in [0.2, 0.25) is 0 Å². The fraction of sp³-hybridized carbons (Fsp3) is 0.429. The van der Waals surface area contributed by atoms with Crippen molar-refractivity contribution < 1.29 is 14.3 Å². The predicted octanol–water partition coefficient (Wildman–Crippen LogP) is 1.99. The number of hydrogen-bond acceptors (Lipinski definition) is 5. The molecule has 0 spiro atoms. The van der Waals surface area contributed by atoms with E-state index in [1.165, 1.54) is 7.11 Å². The zero-order chi connectivity index (χ0) is 15.8. The van der Waals surface area contributed by atoms with E-state index in [1.54, 1.807) is 13.2 Å². The molecule has 0 aromatic heterocycles. The molecule has 1 rings (SSSR count). The van der Waals surface area contributed by atoms with Gasteiger partial charge in [-0.2, -0.15) is 0 Å². The number of halogens is 1. The molecule has 5 nitrogen and oxygen atoms in total. The minimum atomic E-state index is -0.281. The van der Waals surface area contributed by atoms with Gasteiger partial charge in [0.1, 0.15) is 4.99 Å². The number of carbonyl (C=O) groups excluding carboxylic acids is 1. The Morgan fingerprint density at radius 2 is 2.10 bits per heavy atom. The monoisotopic (exact) mass is 330 g/mol. The van der Waals surface area contributed by atoms with Crippen LogP contribution < -0.4 is 10.6 Å². The van der Waals surface area contributed by atoms with E-state index in [4.69, 9.17) is 34.3 Å². The van der Waals surface area contributed by atoms with Crippen LogP contribution in [0.2, 0.25) is 5.02 Å². The summed E-state index contributed by atoms with van der Waals surface area (Å²) in [5, 5.41) is 0.487. The van der Waals surface area contributed by atoms with E-state index in [0.717, 1.165) is 5.69 Å². The minimum Gasteiger partial charge on any atom is -0.469 e. The van der Waals surface area contributed by atoms with Gasteiger partial charge in [0.05, 0.1) is 30.7 Å². The SMILES string of the molecule is COCCN(CCC(=O)OC)c1cccc(Cl)c1C(N)=S. The maximum Gasteiger partial charge on any atom is 0.307 e. The summed E-state index contributed by atoms with van der Waals surface area (Å²) in [4.78, 5) is 13.5. The zero-order valence-corrected chi connectivity index (χ0v) is 13.7. The Morgan fingerprint density at radius 3 is 2.67 bits per heavy atom. The van der Waals surface area contributed by atoms with Crippen LogP contribution in [0.15, 0.2) is 18.2 Å². The third kappa shape index (κ3) is 5.15. The van der Waals surface area contributed by atoms with Crippen molar-refractivity contribution in [1.29, 1.82) is 0 Å². The summed E-state index contributed by atoms with van der Waals surface area (Å²) >= 11 is 11.2. The van der Waals surface area contributed by atoms with Crippen molar-refractivity contribution in [2.24, 2.45) is 5.73 Å². The molecule has 0 aliphatic rings. The van der Waals surface area contributed by atoms with Gasteiger partial charge >= 0.3 is 5.97 Å². The molecule has 0 bridgehead atoms. The number of benzene rings is 1. The Labute approximate surface area is 135 Å². The lowest BCUT2D eigenvalue weighted by molar-refractivity contribution is -0.140. The minimum absolute atomic E-state index is 0.219. The fourth-order valence-electron chi connectivity index (χ4n) is 1.90. The highest BCUT2D eigenvalue weighted by atomic mass is 35.5. The topological polar surface area (TPSA) is 64.8 Å². The molecular weight excluding hydrogens is 312 g/mol. The Balaban J connectivity index is 3.04. The number of nitrogens with zero attached hydrogens (tertiary/aromatic N) is 1. The average molecular weight is 331 g/mol. The van der Waals surface area contributed by atoms with Crippen LogP contribution in [0.3, 0.4) is 0 Å². The predicted molar refractivity (Wildman–Crippen MR) is 88.1 cm³/mol. The van der Waals surface area contributed by atoms with E-state index >= 15 is 0 Å². The number of ether oxygens (including phenoxy) is 2. The molecule has 1 aromatic rings. The fourth-order valence-corrected chi connectivity index (χ4v) is 2.44. The van der Waals surface area contributed by atoms with Gasteiger partial charge in [-0.05, 0) is 12.1 Å². The highest BCUT2D eigenvalue weighted by molar-refractivity contribution is 7.80. The molecule has 0 amide bonds. The maximum atomic E-state index is 11.4. The summed E-state index contributed by atoms with van der Waals surface area (Å²) in [7, 11) is 2.98. The van der Waals surface area contributed by atoms with Crippen molar-refractivity contribution in [2.45, 2.75) is 6.42 Å². The number of methoxy groups -OCH3 is 2.